The molecule has 1 atom stereocenters. The van der Waals surface area contributed by atoms with Gasteiger partial charge in [0.2, 0.25) is 12.7 Å². The zero-order valence-corrected chi connectivity index (χ0v) is 13.6. The maximum absolute atomic E-state index is 12.2. The number of carbonyl (C=O) groups is 1. The monoisotopic (exact) mass is 331 g/mol. The van der Waals surface area contributed by atoms with E-state index >= 15 is 0 Å². The van der Waals surface area contributed by atoms with Gasteiger partial charge in [-0.3, -0.25) is 4.79 Å². The van der Waals surface area contributed by atoms with Gasteiger partial charge in [-0.2, -0.15) is 0 Å². The van der Waals surface area contributed by atoms with E-state index in [-0.39, 0.29) is 18.1 Å². The van der Waals surface area contributed by atoms with Crippen molar-refractivity contribution in [3.63, 3.8) is 0 Å². The Kier molecular flexibility index (Phi) is 3.65. The Morgan fingerprint density at radius 3 is 3.04 bits per heavy atom. The van der Waals surface area contributed by atoms with Crippen molar-refractivity contribution in [2.24, 2.45) is 7.05 Å². The molecule has 3 heterocycles. The molecule has 2 aliphatic heterocycles. The minimum absolute atomic E-state index is 0.00323. The van der Waals surface area contributed by atoms with E-state index in [9.17, 15) is 4.79 Å². The van der Waals surface area contributed by atoms with E-state index in [0.717, 1.165) is 29.3 Å². The maximum Gasteiger partial charge on any atom is 0.233 e. The number of amides is 1. The molecule has 7 heteroatoms. The molecule has 2 aromatic rings. The van der Waals surface area contributed by atoms with Gasteiger partial charge in [-0.1, -0.05) is 6.07 Å². The van der Waals surface area contributed by atoms with Crippen molar-refractivity contribution >= 4 is 17.7 Å². The molecule has 0 aliphatic carbocycles. The molecule has 4 rings (SSSR count). The molecule has 1 amide bonds. The first-order valence-corrected chi connectivity index (χ1v) is 8.54. The summed E-state index contributed by atoms with van der Waals surface area (Å²) in [5.41, 5.74) is 1.14. The molecule has 1 unspecified atom stereocenters. The molecule has 23 heavy (non-hydrogen) atoms. The number of hydrogen-bond donors (Lipinski definition) is 0. The predicted molar refractivity (Wildman–Crippen MR) is 86.4 cm³/mol. The van der Waals surface area contributed by atoms with Crippen molar-refractivity contribution in [2.75, 3.05) is 19.1 Å². The molecule has 2 aliphatic rings. The zero-order chi connectivity index (χ0) is 15.8. The number of ether oxygens (including phenoxy) is 2. The topological polar surface area (TPSA) is 56.6 Å². The number of thioether (sulfide) groups is 1. The zero-order valence-electron chi connectivity index (χ0n) is 12.8. The summed E-state index contributed by atoms with van der Waals surface area (Å²) in [4.78, 5) is 18.5. The fourth-order valence-electron chi connectivity index (χ4n) is 2.87. The van der Waals surface area contributed by atoms with Crippen LogP contribution in [0.15, 0.2) is 30.6 Å². The Labute approximate surface area is 138 Å². The Morgan fingerprint density at radius 1 is 1.35 bits per heavy atom. The lowest BCUT2D eigenvalue weighted by Gasteiger charge is -2.23. The molecule has 0 N–H and O–H groups in total. The van der Waals surface area contributed by atoms with Crippen LogP contribution in [0.25, 0.3) is 0 Å². The van der Waals surface area contributed by atoms with Gasteiger partial charge in [-0.15, -0.1) is 11.8 Å². The van der Waals surface area contributed by atoms with E-state index < -0.39 is 0 Å². The normalized spacial score (nSPS) is 19.6. The molecule has 120 valence electrons. The van der Waals surface area contributed by atoms with Gasteiger partial charge in [0.15, 0.2) is 11.5 Å². The number of aromatic nitrogens is 2. The van der Waals surface area contributed by atoms with Crippen LogP contribution in [0, 0.1) is 0 Å². The first kappa shape index (κ1) is 14.4. The third-order valence-corrected chi connectivity index (χ3v) is 5.32. The average molecular weight is 331 g/mol. The summed E-state index contributed by atoms with van der Waals surface area (Å²) in [6.45, 7) is 0.949. The van der Waals surface area contributed by atoms with E-state index in [0.29, 0.717) is 12.3 Å². The van der Waals surface area contributed by atoms with Gasteiger partial charge in [0, 0.05) is 26.0 Å². The second-order valence-corrected chi connectivity index (χ2v) is 6.65. The molecule has 6 nitrogen and oxygen atoms in total. The lowest BCUT2D eigenvalue weighted by atomic mass is 10.1. The SMILES string of the molecule is Cn1ccnc1C1SCC(=O)N1CCc1ccc2c(c1)OCO2. The van der Waals surface area contributed by atoms with Crippen LogP contribution in [0.4, 0.5) is 0 Å². The number of fused-ring (bicyclic) bond motifs is 1. The molecule has 1 aromatic heterocycles. The number of rotatable bonds is 4. The van der Waals surface area contributed by atoms with Crippen molar-refractivity contribution in [2.45, 2.75) is 11.8 Å². The van der Waals surface area contributed by atoms with Gasteiger partial charge in [-0.25, -0.2) is 4.98 Å². The fraction of sp³-hybridized carbons (Fsp3) is 0.375. The molecule has 0 bridgehead atoms. The van der Waals surface area contributed by atoms with Crippen LogP contribution in [0.5, 0.6) is 11.5 Å². The molecule has 0 saturated carbocycles. The Balaban J connectivity index is 1.48. The summed E-state index contributed by atoms with van der Waals surface area (Å²) < 4.78 is 12.7. The van der Waals surface area contributed by atoms with Gasteiger partial charge in [0.05, 0.1) is 5.75 Å². The number of carbonyl (C=O) groups excluding carboxylic acids is 1. The van der Waals surface area contributed by atoms with E-state index in [2.05, 4.69) is 4.98 Å². The van der Waals surface area contributed by atoms with E-state index in [1.165, 1.54) is 0 Å². The first-order chi connectivity index (χ1) is 11.2. The number of aryl methyl sites for hydroxylation is 1. The Hall–Kier alpha value is -2.15. The van der Waals surface area contributed by atoms with Crippen molar-refractivity contribution < 1.29 is 14.3 Å². The average Bonchev–Trinajstić information content (AvgIpc) is 3.25. The number of nitrogens with zero attached hydrogens (tertiary/aromatic N) is 3. The number of benzene rings is 1. The quantitative estimate of drug-likeness (QED) is 0.857. The lowest BCUT2D eigenvalue weighted by Crippen LogP contribution is -2.31. The summed E-state index contributed by atoms with van der Waals surface area (Å²) in [5.74, 6) is 3.17. The second-order valence-electron chi connectivity index (χ2n) is 5.58. The minimum Gasteiger partial charge on any atom is -0.454 e. The Morgan fingerprint density at radius 2 is 2.22 bits per heavy atom. The van der Waals surface area contributed by atoms with Gasteiger partial charge < -0.3 is 18.9 Å². The van der Waals surface area contributed by atoms with Gasteiger partial charge in [-0.05, 0) is 24.1 Å². The van der Waals surface area contributed by atoms with Crippen molar-refractivity contribution in [3.8, 4) is 11.5 Å². The third kappa shape index (κ3) is 2.65. The van der Waals surface area contributed by atoms with Crippen LogP contribution in [-0.4, -0.2) is 39.4 Å². The highest BCUT2D eigenvalue weighted by molar-refractivity contribution is 8.00. The largest absolute Gasteiger partial charge is 0.454 e. The van der Waals surface area contributed by atoms with Crippen LogP contribution in [0.3, 0.4) is 0 Å². The predicted octanol–water partition coefficient (Wildman–Crippen LogP) is 1.97. The summed E-state index contributed by atoms with van der Waals surface area (Å²) in [5, 5.41) is -0.00323. The van der Waals surface area contributed by atoms with E-state index in [1.807, 2.05) is 40.9 Å². The summed E-state index contributed by atoms with van der Waals surface area (Å²) in [6.07, 6.45) is 4.47. The van der Waals surface area contributed by atoms with E-state index in [4.69, 9.17) is 9.47 Å². The van der Waals surface area contributed by atoms with Crippen molar-refractivity contribution in [3.05, 3.63) is 42.0 Å². The van der Waals surface area contributed by atoms with E-state index in [1.54, 1.807) is 18.0 Å². The molecule has 0 spiro atoms. The lowest BCUT2D eigenvalue weighted by molar-refractivity contribution is -0.128. The molecule has 1 fully saturated rings. The van der Waals surface area contributed by atoms with Crippen LogP contribution in [0.2, 0.25) is 0 Å². The molecule has 1 aromatic carbocycles. The minimum atomic E-state index is -0.00323. The van der Waals surface area contributed by atoms with Crippen molar-refractivity contribution in [1.82, 2.24) is 14.5 Å². The maximum atomic E-state index is 12.2. The Bertz CT molecular complexity index is 746. The van der Waals surface area contributed by atoms with Gasteiger partial charge in [0.1, 0.15) is 11.2 Å². The standard InChI is InChI=1S/C16H17N3O3S/c1-18-7-5-17-15(18)16-19(14(20)9-23-16)6-4-11-2-3-12-13(8-11)22-10-21-12/h2-3,5,7-8,16H,4,6,9-10H2,1H3. The first-order valence-electron chi connectivity index (χ1n) is 7.49. The molecular weight excluding hydrogens is 314 g/mol. The smallest absolute Gasteiger partial charge is 0.233 e. The van der Waals surface area contributed by atoms with Gasteiger partial charge in [0.25, 0.3) is 0 Å². The number of imidazole rings is 1. The summed E-state index contributed by atoms with van der Waals surface area (Å²) in [6, 6.07) is 5.94. The van der Waals surface area contributed by atoms with Crippen LogP contribution < -0.4 is 9.47 Å². The second kappa shape index (κ2) is 5.81. The van der Waals surface area contributed by atoms with Crippen LogP contribution >= 0.6 is 11.8 Å². The molecule has 0 radical (unpaired) electrons. The summed E-state index contributed by atoms with van der Waals surface area (Å²) in [7, 11) is 1.96. The highest BCUT2D eigenvalue weighted by atomic mass is 32.2. The molecule has 1 saturated heterocycles. The molecular formula is C16H17N3O3S. The third-order valence-electron chi connectivity index (χ3n) is 4.13. The number of hydrogen-bond acceptors (Lipinski definition) is 5. The summed E-state index contributed by atoms with van der Waals surface area (Å²) >= 11 is 1.63. The van der Waals surface area contributed by atoms with Crippen LogP contribution in [-0.2, 0) is 18.3 Å². The highest BCUT2D eigenvalue weighted by Gasteiger charge is 2.34. The highest BCUT2D eigenvalue weighted by Crippen LogP contribution is 2.38. The van der Waals surface area contributed by atoms with Crippen LogP contribution in [0.1, 0.15) is 16.8 Å². The fourth-order valence-corrected chi connectivity index (χ4v) is 4.12. The van der Waals surface area contributed by atoms with Gasteiger partial charge >= 0.3 is 0 Å². The van der Waals surface area contributed by atoms with Crippen molar-refractivity contribution in [1.29, 1.82) is 0 Å².